The van der Waals surface area contributed by atoms with Crippen molar-refractivity contribution in [3.05, 3.63) is 44.9 Å². The molecule has 4 nitrogen and oxygen atoms in total. The van der Waals surface area contributed by atoms with Crippen LogP contribution in [0.15, 0.2) is 23.6 Å². The number of hydrogen-bond acceptors (Lipinski definition) is 5. The smallest absolute Gasteiger partial charge is 0.339 e. The quantitative estimate of drug-likeness (QED) is 0.772. The molecule has 6 heteroatoms. The monoisotopic (exact) mass is 339 g/mol. The predicted octanol–water partition coefficient (Wildman–Crippen LogP) is 4.46. The van der Waals surface area contributed by atoms with Crippen molar-refractivity contribution in [1.82, 2.24) is 4.98 Å². The van der Waals surface area contributed by atoms with Gasteiger partial charge in [-0.2, -0.15) is 0 Å². The first-order chi connectivity index (χ1) is 10.3. The number of hydrogen-bond donors (Lipinski definition) is 0. The average molecular weight is 340 g/mol. The molecule has 118 valence electrons. The number of halogens is 1. The lowest BCUT2D eigenvalue weighted by Crippen LogP contribution is -2.11. The Balaban J connectivity index is 2.09. The highest BCUT2D eigenvalue weighted by Gasteiger charge is 2.17. The van der Waals surface area contributed by atoms with Gasteiger partial charge in [0.2, 0.25) is 0 Å². The van der Waals surface area contributed by atoms with Gasteiger partial charge in [0.25, 0.3) is 0 Å². The minimum absolute atomic E-state index is 0.0209. The summed E-state index contributed by atoms with van der Waals surface area (Å²) >= 11 is 7.53. The molecule has 0 unspecified atom stereocenters. The van der Waals surface area contributed by atoms with Gasteiger partial charge in [-0.15, -0.1) is 11.3 Å². The van der Waals surface area contributed by atoms with Crippen molar-refractivity contribution < 1.29 is 14.3 Å². The maximum absolute atomic E-state index is 11.6. The fourth-order valence-corrected chi connectivity index (χ4v) is 2.85. The van der Waals surface area contributed by atoms with Gasteiger partial charge in [-0.3, -0.25) is 0 Å². The van der Waals surface area contributed by atoms with E-state index >= 15 is 0 Å². The Bertz CT molecular complexity index is 676. The Morgan fingerprint density at radius 3 is 2.68 bits per heavy atom. The zero-order valence-electron chi connectivity index (χ0n) is 13.0. The van der Waals surface area contributed by atoms with Gasteiger partial charge in [-0.25, -0.2) is 9.78 Å². The molecule has 0 radical (unpaired) electrons. The summed E-state index contributed by atoms with van der Waals surface area (Å²) in [5.74, 6) is 0.0667. The zero-order chi connectivity index (χ0) is 16.3. The SMILES string of the molecule is COC(=O)c1cc(OCc2nc(C(C)(C)C)cs2)ccc1Cl. The molecule has 0 atom stereocenters. The van der Waals surface area contributed by atoms with Crippen LogP contribution < -0.4 is 4.74 Å². The Kier molecular flexibility index (Phi) is 5.08. The van der Waals surface area contributed by atoms with E-state index < -0.39 is 5.97 Å². The van der Waals surface area contributed by atoms with Crippen LogP contribution in [0.3, 0.4) is 0 Å². The lowest BCUT2D eigenvalue weighted by Gasteiger charge is -2.14. The van der Waals surface area contributed by atoms with Gasteiger partial charge in [0.1, 0.15) is 17.4 Å². The third kappa shape index (κ3) is 3.99. The van der Waals surface area contributed by atoms with Crippen LogP contribution in [0.4, 0.5) is 0 Å². The number of carbonyl (C=O) groups excluding carboxylic acids is 1. The van der Waals surface area contributed by atoms with E-state index in [9.17, 15) is 4.79 Å². The average Bonchev–Trinajstić information content (AvgIpc) is 2.94. The number of carbonyl (C=O) groups is 1. The van der Waals surface area contributed by atoms with Gasteiger partial charge in [0.05, 0.1) is 23.4 Å². The van der Waals surface area contributed by atoms with Crippen molar-refractivity contribution in [2.45, 2.75) is 32.8 Å². The molecule has 0 bridgehead atoms. The first kappa shape index (κ1) is 16.8. The Hall–Kier alpha value is -1.59. The second kappa shape index (κ2) is 6.67. The highest BCUT2D eigenvalue weighted by molar-refractivity contribution is 7.09. The summed E-state index contributed by atoms with van der Waals surface area (Å²) in [6.07, 6.45) is 0. The summed E-state index contributed by atoms with van der Waals surface area (Å²) in [4.78, 5) is 16.2. The maximum atomic E-state index is 11.6. The van der Waals surface area contributed by atoms with E-state index in [-0.39, 0.29) is 11.0 Å². The molecule has 0 saturated carbocycles. The predicted molar refractivity (Wildman–Crippen MR) is 87.9 cm³/mol. The minimum atomic E-state index is -0.486. The van der Waals surface area contributed by atoms with Crippen LogP contribution in [0, 0.1) is 0 Å². The van der Waals surface area contributed by atoms with Gasteiger partial charge in [0.15, 0.2) is 0 Å². The minimum Gasteiger partial charge on any atom is -0.486 e. The number of esters is 1. The van der Waals surface area contributed by atoms with Gasteiger partial charge in [-0.1, -0.05) is 32.4 Å². The first-order valence-electron chi connectivity index (χ1n) is 6.77. The molecular formula is C16H18ClNO3S. The van der Waals surface area contributed by atoms with Gasteiger partial charge in [-0.05, 0) is 18.2 Å². The summed E-state index contributed by atoms with van der Waals surface area (Å²) in [6.45, 7) is 6.71. The maximum Gasteiger partial charge on any atom is 0.339 e. The van der Waals surface area contributed by atoms with Gasteiger partial charge >= 0.3 is 5.97 Å². The summed E-state index contributed by atoms with van der Waals surface area (Å²) in [5, 5.41) is 3.27. The first-order valence-corrected chi connectivity index (χ1v) is 8.02. The lowest BCUT2D eigenvalue weighted by molar-refractivity contribution is 0.0600. The van der Waals surface area contributed by atoms with E-state index in [1.165, 1.54) is 7.11 Å². The third-order valence-electron chi connectivity index (χ3n) is 3.03. The lowest BCUT2D eigenvalue weighted by atomic mass is 9.93. The molecule has 1 aromatic carbocycles. The molecule has 22 heavy (non-hydrogen) atoms. The normalized spacial score (nSPS) is 11.3. The van der Waals surface area contributed by atoms with E-state index in [0.29, 0.717) is 17.4 Å². The van der Waals surface area contributed by atoms with Crippen molar-refractivity contribution in [3.63, 3.8) is 0 Å². The summed E-state index contributed by atoms with van der Waals surface area (Å²) in [6, 6.07) is 4.91. The molecular weight excluding hydrogens is 322 g/mol. The van der Waals surface area contributed by atoms with Crippen LogP contribution >= 0.6 is 22.9 Å². The number of nitrogens with zero attached hydrogens (tertiary/aromatic N) is 1. The number of rotatable bonds is 4. The molecule has 0 fully saturated rings. The zero-order valence-corrected chi connectivity index (χ0v) is 14.5. The summed E-state index contributed by atoms with van der Waals surface area (Å²) < 4.78 is 10.4. The highest BCUT2D eigenvalue weighted by atomic mass is 35.5. The second-order valence-corrected chi connectivity index (χ2v) is 7.15. The van der Waals surface area contributed by atoms with Crippen molar-refractivity contribution in [2.75, 3.05) is 7.11 Å². The van der Waals surface area contributed by atoms with Crippen LogP contribution in [0.1, 0.15) is 41.8 Å². The topological polar surface area (TPSA) is 48.4 Å². The summed E-state index contributed by atoms with van der Waals surface area (Å²) in [5.41, 5.74) is 1.35. The molecule has 0 N–H and O–H groups in total. The number of aromatic nitrogens is 1. The van der Waals surface area contributed by atoms with Crippen molar-refractivity contribution in [1.29, 1.82) is 0 Å². The van der Waals surface area contributed by atoms with E-state index in [4.69, 9.17) is 16.3 Å². The van der Waals surface area contributed by atoms with E-state index in [0.717, 1.165) is 10.7 Å². The largest absolute Gasteiger partial charge is 0.486 e. The van der Waals surface area contributed by atoms with Gasteiger partial charge < -0.3 is 9.47 Å². The Labute approximate surface area is 139 Å². The second-order valence-electron chi connectivity index (χ2n) is 5.80. The van der Waals surface area contributed by atoms with E-state index in [1.807, 2.05) is 5.38 Å². The van der Waals surface area contributed by atoms with Crippen LogP contribution in [-0.2, 0) is 16.8 Å². The molecule has 0 saturated heterocycles. The number of thiazole rings is 1. The molecule has 0 amide bonds. The Morgan fingerprint density at radius 2 is 2.09 bits per heavy atom. The van der Waals surface area contributed by atoms with Crippen LogP contribution in [0.5, 0.6) is 5.75 Å². The van der Waals surface area contributed by atoms with Crippen LogP contribution in [0.2, 0.25) is 5.02 Å². The molecule has 2 rings (SSSR count). The summed E-state index contributed by atoms with van der Waals surface area (Å²) in [7, 11) is 1.32. The molecule has 0 aliphatic heterocycles. The van der Waals surface area contributed by atoms with Crippen molar-refractivity contribution in [3.8, 4) is 5.75 Å². The number of methoxy groups -OCH3 is 1. The fourth-order valence-electron chi connectivity index (χ4n) is 1.73. The highest BCUT2D eigenvalue weighted by Crippen LogP contribution is 2.26. The third-order valence-corrected chi connectivity index (χ3v) is 4.18. The molecule has 0 spiro atoms. The molecule has 1 heterocycles. The van der Waals surface area contributed by atoms with Crippen LogP contribution in [-0.4, -0.2) is 18.1 Å². The van der Waals surface area contributed by atoms with Crippen molar-refractivity contribution in [2.24, 2.45) is 0 Å². The molecule has 0 aliphatic carbocycles. The number of benzene rings is 1. The molecule has 2 aromatic rings. The standard InChI is InChI=1S/C16H18ClNO3S/c1-16(2,3)13-9-22-14(18-13)8-21-10-5-6-12(17)11(7-10)15(19)20-4/h5-7,9H,8H2,1-4H3. The van der Waals surface area contributed by atoms with E-state index in [2.05, 4.69) is 30.5 Å². The Morgan fingerprint density at radius 1 is 1.36 bits per heavy atom. The molecule has 0 aliphatic rings. The number of ether oxygens (including phenoxy) is 2. The van der Waals surface area contributed by atoms with E-state index in [1.54, 1.807) is 29.5 Å². The molecule has 1 aromatic heterocycles. The van der Waals surface area contributed by atoms with Crippen LogP contribution in [0.25, 0.3) is 0 Å². The van der Waals surface area contributed by atoms with Gasteiger partial charge in [0, 0.05) is 10.8 Å². The van der Waals surface area contributed by atoms with Crippen molar-refractivity contribution >= 4 is 28.9 Å². The fraction of sp³-hybridized carbons (Fsp3) is 0.375.